The number of rotatable bonds is 2. The van der Waals surface area contributed by atoms with Crippen LogP contribution in [-0.2, 0) is 0 Å². The van der Waals surface area contributed by atoms with Crippen molar-refractivity contribution in [1.29, 1.82) is 0 Å². The molecule has 0 N–H and O–H groups in total. The van der Waals surface area contributed by atoms with Crippen molar-refractivity contribution >= 4 is 66.7 Å². The van der Waals surface area contributed by atoms with Gasteiger partial charge in [-0.1, -0.05) is 84.9 Å². The summed E-state index contributed by atoms with van der Waals surface area (Å²) in [5.74, 6) is 0. The summed E-state index contributed by atoms with van der Waals surface area (Å²) in [5.41, 5.74) is 5.18. The van der Waals surface area contributed by atoms with E-state index in [4.69, 9.17) is 0 Å². The molecule has 0 heterocycles. The monoisotopic (exact) mass is 582 g/mol. The van der Waals surface area contributed by atoms with E-state index < -0.39 is 0 Å². The summed E-state index contributed by atoms with van der Waals surface area (Å²) in [4.78, 5) is 0. The Morgan fingerprint density at radius 2 is 0.750 bits per heavy atom. The van der Waals surface area contributed by atoms with Crippen LogP contribution in [0.5, 0.6) is 0 Å². The zero-order valence-corrected chi connectivity index (χ0v) is 19.3. The summed E-state index contributed by atoms with van der Waals surface area (Å²) in [7, 11) is 0. The molecule has 5 rings (SSSR count). The van der Waals surface area contributed by atoms with Gasteiger partial charge in [0.1, 0.15) is 0 Å². The summed E-state index contributed by atoms with van der Waals surface area (Å²) >= 11 is 4.96. The molecule has 2 heteroatoms. The highest BCUT2D eigenvalue weighted by Gasteiger charge is 2.16. The van der Waals surface area contributed by atoms with E-state index >= 15 is 0 Å². The lowest BCUT2D eigenvalue weighted by molar-refractivity contribution is 1.61. The molecule has 134 valence electrons. The molecule has 0 radical (unpaired) electrons. The third-order valence-corrected chi connectivity index (χ3v) is 6.99. The Balaban J connectivity index is 2.03. The SMILES string of the molecule is Ic1ccc2ccc3ccc(I)c(-c4ccccc4)c3c2c1-c1ccccc1. The second-order valence-corrected chi connectivity index (χ2v) is 9.16. The van der Waals surface area contributed by atoms with E-state index in [1.807, 2.05) is 0 Å². The van der Waals surface area contributed by atoms with Crippen LogP contribution in [0.25, 0.3) is 43.8 Å². The molecule has 5 aromatic rings. The van der Waals surface area contributed by atoms with Crippen LogP contribution < -0.4 is 0 Å². The number of hydrogen-bond acceptors (Lipinski definition) is 0. The maximum absolute atomic E-state index is 2.48. The van der Waals surface area contributed by atoms with E-state index in [1.165, 1.54) is 50.9 Å². The van der Waals surface area contributed by atoms with Crippen LogP contribution in [0.1, 0.15) is 0 Å². The van der Waals surface area contributed by atoms with Crippen molar-refractivity contribution in [3.63, 3.8) is 0 Å². The molecule has 28 heavy (non-hydrogen) atoms. The van der Waals surface area contributed by atoms with Gasteiger partial charge in [0, 0.05) is 18.3 Å². The van der Waals surface area contributed by atoms with Gasteiger partial charge in [-0.25, -0.2) is 0 Å². The zero-order chi connectivity index (χ0) is 19.1. The lowest BCUT2D eigenvalue weighted by atomic mass is 9.89. The summed E-state index contributed by atoms with van der Waals surface area (Å²) in [6.45, 7) is 0. The van der Waals surface area contributed by atoms with Gasteiger partial charge in [-0.05, 0) is 90.0 Å². The van der Waals surface area contributed by atoms with Gasteiger partial charge in [-0.2, -0.15) is 0 Å². The third kappa shape index (κ3) is 3.03. The van der Waals surface area contributed by atoms with Crippen molar-refractivity contribution in [1.82, 2.24) is 0 Å². The van der Waals surface area contributed by atoms with Gasteiger partial charge in [0.2, 0.25) is 0 Å². The number of halogens is 2. The summed E-state index contributed by atoms with van der Waals surface area (Å²) in [6, 6.07) is 35.0. The molecule has 0 aliphatic heterocycles. The molecular formula is C26H16I2. The van der Waals surface area contributed by atoms with Crippen molar-refractivity contribution in [2.45, 2.75) is 0 Å². The van der Waals surface area contributed by atoms with E-state index in [0.29, 0.717) is 0 Å². The minimum Gasteiger partial charge on any atom is -0.0622 e. The van der Waals surface area contributed by atoms with Crippen LogP contribution >= 0.6 is 45.2 Å². The van der Waals surface area contributed by atoms with Crippen LogP contribution in [0.2, 0.25) is 0 Å². The maximum atomic E-state index is 2.48. The van der Waals surface area contributed by atoms with Crippen LogP contribution in [0, 0.1) is 7.14 Å². The van der Waals surface area contributed by atoms with E-state index in [-0.39, 0.29) is 0 Å². The Labute approximate surface area is 191 Å². The predicted molar refractivity (Wildman–Crippen MR) is 138 cm³/mol. The summed E-state index contributed by atoms with van der Waals surface area (Å²) in [6.07, 6.45) is 0. The smallest absolute Gasteiger partial charge is 0.0215 e. The summed E-state index contributed by atoms with van der Waals surface area (Å²) < 4.78 is 2.56. The fourth-order valence-corrected chi connectivity index (χ4v) is 5.48. The first-order valence-corrected chi connectivity index (χ1v) is 11.3. The Hall–Kier alpha value is -1.92. The molecule has 0 nitrogen and oxygen atoms in total. The molecule has 0 saturated heterocycles. The molecule has 5 aromatic carbocycles. The standard InChI is InChI=1S/C26H16I2/c27-21-15-13-19-11-12-20-14-16-22(28)24(18-9-5-2-6-10-18)26(20)25(19)23(21)17-7-3-1-4-8-17/h1-16H. The molecule has 0 aliphatic carbocycles. The second-order valence-electron chi connectivity index (χ2n) is 6.84. The normalized spacial score (nSPS) is 11.2. The first-order valence-electron chi connectivity index (χ1n) is 9.18. The second kappa shape index (κ2) is 7.48. The predicted octanol–water partition coefficient (Wildman–Crippen LogP) is 8.54. The van der Waals surface area contributed by atoms with Gasteiger partial charge in [0.25, 0.3) is 0 Å². The average Bonchev–Trinajstić information content (AvgIpc) is 2.74. The van der Waals surface area contributed by atoms with Crippen LogP contribution in [0.4, 0.5) is 0 Å². The number of hydrogen-bond donors (Lipinski definition) is 0. The number of benzene rings is 5. The Morgan fingerprint density at radius 3 is 1.14 bits per heavy atom. The van der Waals surface area contributed by atoms with Crippen LogP contribution in [-0.4, -0.2) is 0 Å². The zero-order valence-electron chi connectivity index (χ0n) is 15.0. The van der Waals surface area contributed by atoms with Crippen molar-refractivity contribution < 1.29 is 0 Å². The molecule has 0 atom stereocenters. The maximum Gasteiger partial charge on any atom is 0.0215 e. The fraction of sp³-hybridized carbons (Fsp3) is 0. The van der Waals surface area contributed by atoms with E-state index in [1.54, 1.807) is 0 Å². The highest BCUT2D eigenvalue weighted by Crippen LogP contribution is 2.42. The van der Waals surface area contributed by atoms with Crippen molar-refractivity contribution in [3.8, 4) is 22.3 Å². The molecular weight excluding hydrogens is 566 g/mol. The molecule has 0 aliphatic rings. The van der Waals surface area contributed by atoms with Gasteiger partial charge in [-0.15, -0.1) is 0 Å². The lowest BCUT2D eigenvalue weighted by Crippen LogP contribution is -1.92. The first kappa shape index (κ1) is 18.1. The first-order chi connectivity index (χ1) is 13.7. The molecule has 0 unspecified atom stereocenters. The third-order valence-electron chi connectivity index (χ3n) is 5.19. The van der Waals surface area contributed by atoms with Gasteiger partial charge in [-0.3, -0.25) is 0 Å². The molecule has 0 saturated carbocycles. The number of fused-ring (bicyclic) bond motifs is 3. The average molecular weight is 582 g/mol. The molecule has 0 spiro atoms. The fourth-order valence-electron chi connectivity index (χ4n) is 3.96. The van der Waals surface area contributed by atoms with Crippen molar-refractivity contribution in [2.75, 3.05) is 0 Å². The minimum atomic E-state index is 1.27. The van der Waals surface area contributed by atoms with E-state index in [0.717, 1.165) is 0 Å². The lowest BCUT2D eigenvalue weighted by Gasteiger charge is -2.17. The minimum absolute atomic E-state index is 1.27. The van der Waals surface area contributed by atoms with Gasteiger partial charge < -0.3 is 0 Å². The topological polar surface area (TPSA) is 0 Å². The van der Waals surface area contributed by atoms with Gasteiger partial charge in [0.05, 0.1) is 0 Å². The van der Waals surface area contributed by atoms with Gasteiger partial charge >= 0.3 is 0 Å². The Bertz CT molecular complexity index is 1200. The van der Waals surface area contributed by atoms with Crippen LogP contribution in [0.15, 0.2) is 97.1 Å². The van der Waals surface area contributed by atoms with E-state index in [2.05, 4.69) is 142 Å². The Kier molecular flexibility index (Phi) is 4.85. The van der Waals surface area contributed by atoms with E-state index in [9.17, 15) is 0 Å². The van der Waals surface area contributed by atoms with Crippen molar-refractivity contribution in [3.05, 3.63) is 104 Å². The highest BCUT2D eigenvalue weighted by molar-refractivity contribution is 14.1. The van der Waals surface area contributed by atoms with Crippen LogP contribution in [0.3, 0.4) is 0 Å². The largest absolute Gasteiger partial charge is 0.0622 e. The molecule has 0 amide bonds. The summed E-state index contributed by atoms with van der Waals surface area (Å²) in [5, 5.41) is 5.25. The quantitative estimate of drug-likeness (QED) is 0.145. The molecule has 0 fully saturated rings. The highest BCUT2D eigenvalue weighted by atomic mass is 127. The Morgan fingerprint density at radius 1 is 0.393 bits per heavy atom. The van der Waals surface area contributed by atoms with Gasteiger partial charge in [0.15, 0.2) is 0 Å². The molecule has 0 aromatic heterocycles. The van der Waals surface area contributed by atoms with Crippen molar-refractivity contribution in [2.24, 2.45) is 0 Å². The molecule has 0 bridgehead atoms.